The maximum Gasteiger partial charge on any atom is 0.266 e. The third-order valence-corrected chi connectivity index (χ3v) is 9.28. The van der Waals surface area contributed by atoms with Gasteiger partial charge < -0.3 is 0 Å². The lowest BCUT2D eigenvalue weighted by molar-refractivity contribution is -0.122. The van der Waals surface area contributed by atoms with Crippen molar-refractivity contribution in [2.75, 3.05) is 6.54 Å². The second-order valence-corrected chi connectivity index (χ2v) is 12.7. The predicted molar refractivity (Wildman–Crippen MR) is 168 cm³/mol. The van der Waals surface area contributed by atoms with Gasteiger partial charge in [0.25, 0.3) is 11.5 Å². The summed E-state index contributed by atoms with van der Waals surface area (Å²) in [6.07, 6.45) is 15.8. The lowest BCUT2D eigenvalue weighted by Gasteiger charge is -2.14. The number of amides is 1. The van der Waals surface area contributed by atoms with E-state index < -0.39 is 0 Å². The zero-order valence-electron chi connectivity index (χ0n) is 22.9. The Labute approximate surface area is 245 Å². The van der Waals surface area contributed by atoms with Crippen LogP contribution in [0.3, 0.4) is 0 Å². The smallest absolute Gasteiger partial charge is 0.266 e. The molecular weight excluding hydrogens is 543 g/mol. The average molecular weight is 580 g/mol. The summed E-state index contributed by atoms with van der Waals surface area (Å²) in [5.41, 5.74) is 1.75. The molecule has 8 heteroatoms. The Morgan fingerprint density at radius 2 is 1.59 bits per heavy atom. The number of pyridine rings is 1. The Morgan fingerprint density at radius 3 is 2.28 bits per heavy atom. The molecule has 1 aliphatic heterocycles. The van der Waals surface area contributed by atoms with E-state index in [9.17, 15) is 9.59 Å². The minimum Gasteiger partial charge on any atom is -0.293 e. The number of thiocarbonyl (C=S) groups is 1. The number of aryl methyl sites for hydroxylation is 1. The molecule has 1 aromatic carbocycles. The molecule has 3 heterocycles. The maximum atomic E-state index is 13.6. The molecule has 1 aliphatic rings. The van der Waals surface area contributed by atoms with Gasteiger partial charge in [0.2, 0.25) is 0 Å². The molecule has 1 fully saturated rings. The molecule has 4 rings (SSSR count). The van der Waals surface area contributed by atoms with Gasteiger partial charge in [-0.15, -0.1) is 0 Å². The molecule has 0 atom stereocenters. The highest BCUT2D eigenvalue weighted by atomic mass is 32.2. The van der Waals surface area contributed by atoms with Crippen LogP contribution >= 0.6 is 35.7 Å². The summed E-state index contributed by atoms with van der Waals surface area (Å²) in [4.78, 5) is 34.9. The van der Waals surface area contributed by atoms with Gasteiger partial charge in [-0.2, -0.15) is 0 Å². The molecule has 206 valence electrons. The third kappa shape index (κ3) is 7.83. The number of thioether (sulfide) groups is 1. The molecule has 2 aromatic heterocycles. The molecule has 0 radical (unpaired) electrons. The van der Waals surface area contributed by atoms with Crippen LogP contribution in [0.15, 0.2) is 68.3 Å². The van der Waals surface area contributed by atoms with E-state index >= 15 is 0 Å². The van der Waals surface area contributed by atoms with Crippen LogP contribution in [0.25, 0.3) is 11.7 Å². The molecule has 1 amide bonds. The van der Waals surface area contributed by atoms with Crippen molar-refractivity contribution in [3.05, 3.63) is 75.0 Å². The van der Waals surface area contributed by atoms with Crippen molar-refractivity contribution in [3.63, 3.8) is 0 Å². The first-order valence-corrected chi connectivity index (χ1v) is 16.0. The number of aromatic nitrogens is 2. The first-order valence-electron chi connectivity index (χ1n) is 14.0. The topological polar surface area (TPSA) is 54.7 Å². The number of hydrogen-bond donors (Lipinski definition) is 0. The fourth-order valence-electron chi connectivity index (χ4n) is 4.67. The Bertz CT molecular complexity index is 1390. The Kier molecular flexibility index (Phi) is 11.2. The minimum absolute atomic E-state index is 0.120. The number of fused-ring (bicyclic) bond motifs is 1. The van der Waals surface area contributed by atoms with Crippen molar-refractivity contribution < 1.29 is 4.79 Å². The van der Waals surface area contributed by atoms with Crippen LogP contribution in [0.2, 0.25) is 0 Å². The average Bonchev–Trinajstić information content (AvgIpc) is 3.20. The fraction of sp³-hybridized carbons (Fsp3) is 0.419. The second-order valence-electron chi connectivity index (χ2n) is 9.95. The standard InChI is InChI=1S/C31H37N3O2S3/c1-3-4-5-6-7-8-9-10-11-15-20-34-30(36)26(39-31(34)37)22-25-28(38-24-18-13-12-14-19-24)32-27-23(2)17-16-21-33(27)29(25)35/h12-14,16-19,21-22H,3-11,15,20H2,1-2H3/b26-22+. The highest BCUT2D eigenvalue weighted by molar-refractivity contribution is 8.26. The molecule has 0 bridgehead atoms. The quantitative estimate of drug-likeness (QED) is 0.0829. The number of benzene rings is 1. The summed E-state index contributed by atoms with van der Waals surface area (Å²) in [6.45, 7) is 4.81. The number of carbonyl (C=O) groups is 1. The molecular formula is C31H37N3O2S3. The zero-order chi connectivity index (χ0) is 27.6. The molecule has 0 aliphatic carbocycles. The van der Waals surface area contributed by atoms with E-state index in [-0.39, 0.29) is 11.5 Å². The predicted octanol–water partition coefficient (Wildman–Crippen LogP) is 8.28. The van der Waals surface area contributed by atoms with Gasteiger partial charge in [-0.05, 0) is 43.2 Å². The van der Waals surface area contributed by atoms with Crippen molar-refractivity contribution in [3.8, 4) is 0 Å². The van der Waals surface area contributed by atoms with Crippen LogP contribution in [0.1, 0.15) is 82.3 Å². The Hall–Kier alpha value is -2.42. The molecule has 1 saturated heterocycles. The number of nitrogens with zero attached hydrogens (tertiary/aromatic N) is 3. The molecule has 0 N–H and O–H groups in total. The number of rotatable bonds is 14. The van der Waals surface area contributed by atoms with Gasteiger partial charge in [-0.25, -0.2) is 4.98 Å². The normalized spacial score (nSPS) is 14.7. The van der Waals surface area contributed by atoms with Gasteiger partial charge in [0.1, 0.15) is 15.0 Å². The highest BCUT2D eigenvalue weighted by Gasteiger charge is 2.32. The van der Waals surface area contributed by atoms with Crippen LogP contribution in [0, 0.1) is 6.92 Å². The van der Waals surface area contributed by atoms with Crippen molar-refractivity contribution in [2.24, 2.45) is 0 Å². The van der Waals surface area contributed by atoms with E-state index in [0.29, 0.717) is 32.0 Å². The van der Waals surface area contributed by atoms with Gasteiger partial charge in [0.15, 0.2) is 0 Å². The van der Waals surface area contributed by atoms with Gasteiger partial charge in [-0.3, -0.25) is 18.9 Å². The largest absolute Gasteiger partial charge is 0.293 e. The number of unbranched alkanes of at least 4 members (excludes halogenated alkanes) is 9. The molecule has 39 heavy (non-hydrogen) atoms. The van der Waals surface area contributed by atoms with Crippen LogP contribution in [0.5, 0.6) is 0 Å². The van der Waals surface area contributed by atoms with E-state index in [0.717, 1.165) is 23.3 Å². The van der Waals surface area contributed by atoms with E-state index in [2.05, 4.69) is 6.92 Å². The second kappa shape index (κ2) is 14.8. The third-order valence-electron chi connectivity index (χ3n) is 6.89. The number of carbonyl (C=O) groups excluding carboxylic acids is 1. The van der Waals surface area contributed by atoms with Crippen LogP contribution in [-0.4, -0.2) is 31.1 Å². The van der Waals surface area contributed by atoms with Crippen molar-refractivity contribution in [1.29, 1.82) is 0 Å². The lowest BCUT2D eigenvalue weighted by atomic mass is 10.1. The Morgan fingerprint density at radius 1 is 0.923 bits per heavy atom. The first kappa shape index (κ1) is 29.6. The summed E-state index contributed by atoms with van der Waals surface area (Å²) in [5.74, 6) is -0.120. The van der Waals surface area contributed by atoms with Gasteiger partial charge >= 0.3 is 0 Å². The Balaban J connectivity index is 1.45. The van der Waals surface area contributed by atoms with Crippen molar-refractivity contribution in [1.82, 2.24) is 14.3 Å². The van der Waals surface area contributed by atoms with Crippen molar-refractivity contribution in [2.45, 2.75) is 88.0 Å². The monoisotopic (exact) mass is 579 g/mol. The van der Waals surface area contributed by atoms with E-state index in [4.69, 9.17) is 17.2 Å². The molecule has 0 saturated carbocycles. The summed E-state index contributed by atoms with van der Waals surface area (Å²) in [5, 5.41) is 0.584. The molecule has 0 spiro atoms. The lowest BCUT2D eigenvalue weighted by Crippen LogP contribution is -2.29. The summed E-state index contributed by atoms with van der Waals surface area (Å²) in [6, 6.07) is 13.6. The van der Waals surface area contributed by atoms with E-state index in [1.807, 2.05) is 49.4 Å². The first-order chi connectivity index (χ1) is 19.0. The van der Waals surface area contributed by atoms with Crippen LogP contribution < -0.4 is 5.56 Å². The highest BCUT2D eigenvalue weighted by Crippen LogP contribution is 2.35. The minimum atomic E-state index is -0.193. The SMILES string of the molecule is CCCCCCCCCCCCN1C(=O)/C(=C\c2c(Sc3ccccc3)nc3c(C)cccn3c2=O)SC1=S. The fourth-order valence-corrected chi connectivity index (χ4v) is 6.87. The zero-order valence-corrected chi connectivity index (χ0v) is 25.3. The van der Waals surface area contributed by atoms with Crippen LogP contribution in [0.4, 0.5) is 0 Å². The molecule has 0 unspecified atom stereocenters. The van der Waals surface area contributed by atoms with Gasteiger partial charge in [0, 0.05) is 17.6 Å². The van der Waals surface area contributed by atoms with Crippen molar-refractivity contribution >= 4 is 57.7 Å². The van der Waals surface area contributed by atoms with E-state index in [1.54, 1.807) is 21.6 Å². The summed E-state index contributed by atoms with van der Waals surface area (Å²) in [7, 11) is 0. The maximum absolute atomic E-state index is 13.6. The van der Waals surface area contributed by atoms with Crippen LogP contribution in [-0.2, 0) is 4.79 Å². The van der Waals surface area contributed by atoms with E-state index in [1.165, 1.54) is 74.9 Å². The molecule has 5 nitrogen and oxygen atoms in total. The number of hydrogen-bond acceptors (Lipinski definition) is 6. The molecule has 3 aromatic rings. The van der Waals surface area contributed by atoms with Gasteiger partial charge in [-0.1, -0.05) is 125 Å². The van der Waals surface area contributed by atoms with Gasteiger partial charge in [0.05, 0.1) is 10.5 Å². The summed E-state index contributed by atoms with van der Waals surface area (Å²) >= 11 is 8.27. The summed E-state index contributed by atoms with van der Waals surface area (Å²) < 4.78 is 2.12.